The number of benzene rings is 1. The zero-order chi connectivity index (χ0) is 16.3. The van der Waals surface area contributed by atoms with Gasteiger partial charge in [-0.1, -0.05) is 13.3 Å². The van der Waals surface area contributed by atoms with E-state index >= 15 is 0 Å². The van der Waals surface area contributed by atoms with Crippen LogP contribution in [0.3, 0.4) is 0 Å². The fourth-order valence-corrected chi connectivity index (χ4v) is 3.42. The third-order valence-corrected chi connectivity index (χ3v) is 4.56. The van der Waals surface area contributed by atoms with Crippen molar-refractivity contribution in [1.29, 1.82) is 0 Å². The minimum atomic E-state index is -4.34. The van der Waals surface area contributed by atoms with Crippen LogP contribution in [0, 0.1) is 11.6 Å². The number of carbonyl (C=O) groups is 1. The van der Waals surface area contributed by atoms with Gasteiger partial charge < -0.3 is 4.74 Å². The van der Waals surface area contributed by atoms with Crippen LogP contribution < -0.4 is 4.72 Å². The van der Waals surface area contributed by atoms with Crippen LogP contribution in [0.5, 0.6) is 0 Å². The van der Waals surface area contributed by atoms with E-state index in [9.17, 15) is 22.0 Å². The Labute approximate surface area is 122 Å². The zero-order valence-electron chi connectivity index (χ0n) is 11.9. The van der Waals surface area contributed by atoms with E-state index in [0.29, 0.717) is 12.5 Å². The van der Waals surface area contributed by atoms with Crippen LogP contribution in [-0.2, 0) is 19.6 Å². The molecular weight excluding hydrogens is 304 g/mol. The Hall–Kier alpha value is -1.54. The molecule has 1 N–H and O–H groups in total. The number of methoxy groups -OCH3 is 1. The molecule has 0 aliphatic carbocycles. The van der Waals surface area contributed by atoms with Crippen molar-refractivity contribution in [2.45, 2.75) is 37.1 Å². The summed E-state index contributed by atoms with van der Waals surface area (Å²) in [6, 6.07) is 2.09. The molecular formula is C13H17F2NO4S. The van der Waals surface area contributed by atoms with Crippen molar-refractivity contribution < 1.29 is 26.7 Å². The highest BCUT2D eigenvalue weighted by Crippen LogP contribution is 2.21. The molecule has 0 radical (unpaired) electrons. The monoisotopic (exact) mass is 321 g/mol. The summed E-state index contributed by atoms with van der Waals surface area (Å²) < 4.78 is 57.6. The molecule has 8 heteroatoms. The summed E-state index contributed by atoms with van der Waals surface area (Å²) in [4.78, 5) is 11.0. The van der Waals surface area contributed by atoms with Gasteiger partial charge in [-0.05, 0) is 25.5 Å². The van der Waals surface area contributed by atoms with E-state index < -0.39 is 38.1 Å². The highest BCUT2D eigenvalue weighted by molar-refractivity contribution is 7.89. The van der Waals surface area contributed by atoms with Crippen molar-refractivity contribution in [1.82, 2.24) is 4.72 Å². The van der Waals surface area contributed by atoms with Gasteiger partial charge in [-0.25, -0.2) is 17.2 Å². The SMILES string of the molecule is CCCC(C)(NS(=O)(=O)c1ccc(F)cc1F)C(=O)OC. The Morgan fingerprint density at radius 2 is 2.00 bits per heavy atom. The minimum Gasteiger partial charge on any atom is -0.468 e. The number of nitrogens with one attached hydrogen (secondary N) is 1. The average molecular weight is 321 g/mol. The third-order valence-electron chi connectivity index (χ3n) is 2.93. The molecule has 1 rings (SSSR count). The number of ether oxygens (including phenoxy) is 1. The smallest absolute Gasteiger partial charge is 0.326 e. The lowest BCUT2D eigenvalue weighted by atomic mass is 9.98. The van der Waals surface area contributed by atoms with Crippen LogP contribution in [0.25, 0.3) is 0 Å². The van der Waals surface area contributed by atoms with Crippen LogP contribution in [-0.4, -0.2) is 27.0 Å². The van der Waals surface area contributed by atoms with Crippen LogP contribution in [0.4, 0.5) is 8.78 Å². The van der Waals surface area contributed by atoms with E-state index in [-0.39, 0.29) is 6.42 Å². The first kappa shape index (κ1) is 17.5. The maximum Gasteiger partial charge on any atom is 0.326 e. The van der Waals surface area contributed by atoms with Gasteiger partial charge in [0, 0.05) is 6.07 Å². The van der Waals surface area contributed by atoms with E-state index in [1.165, 1.54) is 6.92 Å². The van der Waals surface area contributed by atoms with Crippen LogP contribution in [0.1, 0.15) is 26.7 Å². The van der Waals surface area contributed by atoms with Gasteiger partial charge in [-0.2, -0.15) is 4.72 Å². The van der Waals surface area contributed by atoms with Crippen molar-refractivity contribution in [3.63, 3.8) is 0 Å². The summed E-state index contributed by atoms with van der Waals surface area (Å²) in [5.74, 6) is -2.91. The van der Waals surface area contributed by atoms with E-state index in [1.807, 2.05) is 0 Å². The Kier molecular flexibility index (Phi) is 5.41. The predicted molar refractivity (Wildman–Crippen MR) is 72.0 cm³/mol. The van der Waals surface area contributed by atoms with Crippen LogP contribution in [0.15, 0.2) is 23.1 Å². The van der Waals surface area contributed by atoms with Gasteiger partial charge in [0.05, 0.1) is 7.11 Å². The Bertz CT molecular complexity index is 633. The number of hydrogen-bond acceptors (Lipinski definition) is 4. The van der Waals surface area contributed by atoms with Gasteiger partial charge in [0.2, 0.25) is 10.0 Å². The summed E-state index contributed by atoms with van der Waals surface area (Å²) in [7, 11) is -3.21. The Morgan fingerprint density at radius 3 is 2.48 bits per heavy atom. The summed E-state index contributed by atoms with van der Waals surface area (Å²) in [6.45, 7) is 3.11. The lowest BCUT2D eigenvalue weighted by molar-refractivity contribution is -0.147. The summed E-state index contributed by atoms with van der Waals surface area (Å²) in [5.41, 5.74) is -1.52. The van der Waals surface area contributed by atoms with Crippen molar-refractivity contribution in [2.75, 3.05) is 7.11 Å². The molecule has 1 unspecified atom stereocenters. The highest BCUT2D eigenvalue weighted by atomic mass is 32.2. The molecule has 5 nitrogen and oxygen atoms in total. The van der Waals surface area contributed by atoms with Crippen molar-refractivity contribution >= 4 is 16.0 Å². The fraction of sp³-hybridized carbons (Fsp3) is 0.462. The Morgan fingerprint density at radius 1 is 1.38 bits per heavy atom. The normalized spacial score (nSPS) is 14.5. The van der Waals surface area contributed by atoms with Gasteiger partial charge in [0.25, 0.3) is 0 Å². The van der Waals surface area contributed by atoms with Crippen molar-refractivity contribution in [3.8, 4) is 0 Å². The molecule has 1 aromatic rings. The number of hydrogen-bond donors (Lipinski definition) is 1. The van der Waals surface area contributed by atoms with E-state index in [2.05, 4.69) is 9.46 Å². The molecule has 0 aliphatic rings. The summed E-state index contributed by atoms with van der Waals surface area (Å²) >= 11 is 0. The van der Waals surface area contributed by atoms with Crippen LogP contribution in [0.2, 0.25) is 0 Å². The van der Waals surface area contributed by atoms with E-state index in [0.717, 1.165) is 19.2 Å². The second-order valence-electron chi connectivity index (χ2n) is 4.75. The molecule has 21 heavy (non-hydrogen) atoms. The zero-order valence-corrected chi connectivity index (χ0v) is 12.8. The van der Waals surface area contributed by atoms with Crippen LogP contribution >= 0.6 is 0 Å². The molecule has 0 fully saturated rings. The van der Waals surface area contributed by atoms with Gasteiger partial charge >= 0.3 is 5.97 Å². The van der Waals surface area contributed by atoms with Gasteiger partial charge in [-0.3, -0.25) is 4.79 Å². The lowest BCUT2D eigenvalue weighted by Crippen LogP contribution is -2.52. The lowest BCUT2D eigenvalue weighted by Gasteiger charge is -2.27. The van der Waals surface area contributed by atoms with Gasteiger partial charge in [0.1, 0.15) is 22.1 Å². The maximum absolute atomic E-state index is 13.6. The molecule has 0 aromatic heterocycles. The highest BCUT2D eigenvalue weighted by Gasteiger charge is 2.38. The van der Waals surface area contributed by atoms with E-state index in [1.54, 1.807) is 6.92 Å². The van der Waals surface area contributed by atoms with Gasteiger partial charge in [0.15, 0.2) is 0 Å². The number of esters is 1. The van der Waals surface area contributed by atoms with Gasteiger partial charge in [-0.15, -0.1) is 0 Å². The number of carbonyl (C=O) groups excluding carboxylic acids is 1. The number of sulfonamides is 1. The summed E-state index contributed by atoms with van der Waals surface area (Å²) in [6.07, 6.45) is 0.668. The average Bonchev–Trinajstić information content (AvgIpc) is 2.36. The molecule has 0 aliphatic heterocycles. The first-order chi connectivity index (χ1) is 9.66. The number of rotatable bonds is 6. The largest absolute Gasteiger partial charge is 0.468 e. The molecule has 0 saturated heterocycles. The molecule has 0 bridgehead atoms. The molecule has 1 atom stereocenters. The standard InChI is InChI=1S/C13H17F2NO4S/c1-4-7-13(2,12(17)20-3)16-21(18,19)11-6-5-9(14)8-10(11)15/h5-6,8,16H,4,7H2,1-3H3. The topological polar surface area (TPSA) is 72.5 Å². The molecule has 0 spiro atoms. The number of halogens is 2. The maximum atomic E-state index is 13.6. The van der Waals surface area contributed by atoms with Crippen molar-refractivity contribution in [2.24, 2.45) is 0 Å². The molecule has 0 saturated carbocycles. The molecule has 1 aromatic carbocycles. The third kappa shape index (κ3) is 3.98. The molecule has 118 valence electrons. The minimum absolute atomic E-state index is 0.168. The predicted octanol–water partition coefficient (Wildman–Crippen LogP) is 1.97. The second-order valence-corrected chi connectivity index (χ2v) is 6.40. The van der Waals surface area contributed by atoms with E-state index in [4.69, 9.17) is 0 Å². The van der Waals surface area contributed by atoms with Crippen molar-refractivity contribution in [3.05, 3.63) is 29.8 Å². The quantitative estimate of drug-likeness (QED) is 0.813. The Balaban J connectivity index is 3.21. The molecule has 0 amide bonds. The molecule has 0 heterocycles. The second kappa shape index (κ2) is 6.48. The summed E-state index contributed by atoms with van der Waals surface area (Å²) in [5, 5.41) is 0. The first-order valence-corrected chi connectivity index (χ1v) is 7.72. The first-order valence-electron chi connectivity index (χ1n) is 6.23. The fourth-order valence-electron chi connectivity index (χ4n) is 1.96.